The fourth-order valence-corrected chi connectivity index (χ4v) is 3.83. The standard InChI is InChI=1S/C20H12Cl3F3N2OS/c21-11-1-5-14(6-2-11)30-18-8-3-12(22)9-17(18)28-19(29)27-13-4-7-16(23)15(10-13)20(24,25)26/h1-10H,(H2,27,28,29). The van der Waals surface area contributed by atoms with E-state index in [1.807, 2.05) is 12.1 Å². The normalized spacial score (nSPS) is 11.3. The van der Waals surface area contributed by atoms with Gasteiger partial charge in [-0.15, -0.1) is 0 Å². The average Bonchev–Trinajstić information content (AvgIpc) is 2.66. The van der Waals surface area contributed by atoms with Crippen LogP contribution in [0.25, 0.3) is 0 Å². The molecule has 3 nitrogen and oxygen atoms in total. The predicted octanol–water partition coefficient (Wildman–Crippen LogP) is 8.46. The monoisotopic (exact) mass is 490 g/mol. The van der Waals surface area contributed by atoms with E-state index in [9.17, 15) is 18.0 Å². The molecule has 0 fully saturated rings. The van der Waals surface area contributed by atoms with Gasteiger partial charge < -0.3 is 10.6 Å². The van der Waals surface area contributed by atoms with E-state index in [2.05, 4.69) is 10.6 Å². The van der Waals surface area contributed by atoms with Gasteiger partial charge in [0, 0.05) is 25.5 Å². The molecule has 156 valence electrons. The van der Waals surface area contributed by atoms with Crippen LogP contribution in [0, 0.1) is 0 Å². The zero-order chi connectivity index (χ0) is 21.9. The summed E-state index contributed by atoms with van der Waals surface area (Å²) in [6, 6.07) is 14.4. The van der Waals surface area contributed by atoms with Crippen molar-refractivity contribution in [1.82, 2.24) is 0 Å². The molecule has 0 heterocycles. The highest BCUT2D eigenvalue weighted by molar-refractivity contribution is 7.99. The molecule has 3 aromatic carbocycles. The minimum absolute atomic E-state index is 0.0573. The Morgan fingerprint density at radius 2 is 1.50 bits per heavy atom. The van der Waals surface area contributed by atoms with E-state index < -0.39 is 22.8 Å². The number of halogens is 6. The first-order chi connectivity index (χ1) is 14.1. The molecule has 0 atom stereocenters. The first-order valence-electron chi connectivity index (χ1n) is 8.29. The molecule has 10 heteroatoms. The van der Waals surface area contributed by atoms with E-state index >= 15 is 0 Å². The van der Waals surface area contributed by atoms with Crippen LogP contribution in [0.1, 0.15) is 5.56 Å². The summed E-state index contributed by atoms with van der Waals surface area (Å²) in [6.07, 6.45) is -4.64. The van der Waals surface area contributed by atoms with E-state index in [1.54, 1.807) is 30.3 Å². The van der Waals surface area contributed by atoms with Gasteiger partial charge in [0.05, 0.1) is 16.3 Å². The Morgan fingerprint density at radius 1 is 0.833 bits per heavy atom. The molecule has 0 saturated carbocycles. The lowest BCUT2D eigenvalue weighted by atomic mass is 10.2. The van der Waals surface area contributed by atoms with Crippen molar-refractivity contribution in [3.05, 3.63) is 81.3 Å². The minimum atomic E-state index is -4.64. The Hall–Kier alpha value is -2.06. The van der Waals surface area contributed by atoms with Crippen molar-refractivity contribution in [2.45, 2.75) is 16.0 Å². The Labute approximate surface area is 189 Å². The molecule has 3 rings (SSSR count). The molecular formula is C20H12Cl3F3N2OS. The van der Waals surface area contributed by atoms with Gasteiger partial charge in [-0.1, -0.05) is 46.6 Å². The van der Waals surface area contributed by atoms with Crippen LogP contribution in [0.15, 0.2) is 70.5 Å². The zero-order valence-corrected chi connectivity index (χ0v) is 17.9. The van der Waals surface area contributed by atoms with E-state index in [4.69, 9.17) is 34.8 Å². The molecule has 0 radical (unpaired) electrons. The number of hydrogen-bond acceptors (Lipinski definition) is 2. The second kappa shape index (κ2) is 9.39. The molecule has 3 aromatic rings. The van der Waals surface area contributed by atoms with Gasteiger partial charge >= 0.3 is 12.2 Å². The minimum Gasteiger partial charge on any atom is -0.308 e. The average molecular weight is 492 g/mol. The fraction of sp³-hybridized carbons (Fsp3) is 0.0500. The quantitative estimate of drug-likeness (QED) is 0.384. The van der Waals surface area contributed by atoms with Crippen molar-refractivity contribution >= 4 is 64.0 Å². The number of amides is 2. The number of carbonyl (C=O) groups excluding carboxylic acids is 1. The number of anilines is 2. The van der Waals surface area contributed by atoms with Crippen molar-refractivity contribution in [1.29, 1.82) is 0 Å². The maximum atomic E-state index is 13.0. The largest absolute Gasteiger partial charge is 0.417 e. The highest BCUT2D eigenvalue weighted by Gasteiger charge is 2.33. The SMILES string of the molecule is O=C(Nc1ccc(Cl)c(C(F)(F)F)c1)Nc1cc(Cl)ccc1Sc1ccc(Cl)cc1. The van der Waals surface area contributed by atoms with Crippen LogP contribution in [-0.4, -0.2) is 6.03 Å². The maximum Gasteiger partial charge on any atom is 0.417 e. The van der Waals surface area contributed by atoms with Crippen LogP contribution >= 0.6 is 46.6 Å². The molecule has 0 spiro atoms. The second-order valence-corrected chi connectivity index (χ2v) is 8.36. The Morgan fingerprint density at radius 3 is 2.17 bits per heavy atom. The number of carbonyl (C=O) groups is 1. The number of alkyl halides is 3. The van der Waals surface area contributed by atoms with Crippen LogP contribution in [0.2, 0.25) is 15.1 Å². The van der Waals surface area contributed by atoms with Crippen LogP contribution in [0.3, 0.4) is 0 Å². The Kier molecular flexibility index (Phi) is 7.08. The van der Waals surface area contributed by atoms with Crippen molar-refractivity contribution in [3.8, 4) is 0 Å². The summed E-state index contributed by atoms with van der Waals surface area (Å²) < 4.78 is 39.0. The number of hydrogen-bond donors (Lipinski definition) is 2. The Balaban J connectivity index is 1.78. The topological polar surface area (TPSA) is 41.1 Å². The maximum absolute atomic E-state index is 13.0. The van der Waals surface area contributed by atoms with Crippen molar-refractivity contribution < 1.29 is 18.0 Å². The van der Waals surface area contributed by atoms with Crippen LogP contribution in [0.4, 0.5) is 29.3 Å². The van der Waals surface area contributed by atoms with E-state index in [-0.39, 0.29) is 5.69 Å². The summed E-state index contributed by atoms with van der Waals surface area (Å²) in [7, 11) is 0. The van der Waals surface area contributed by atoms with E-state index in [0.29, 0.717) is 20.6 Å². The summed E-state index contributed by atoms with van der Waals surface area (Å²) >= 11 is 18.9. The third kappa shape index (κ3) is 5.98. The third-order valence-electron chi connectivity index (χ3n) is 3.76. The highest BCUT2D eigenvalue weighted by atomic mass is 35.5. The lowest BCUT2D eigenvalue weighted by Crippen LogP contribution is -2.20. The van der Waals surface area contributed by atoms with Gasteiger partial charge in [0.1, 0.15) is 0 Å². The smallest absolute Gasteiger partial charge is 0.308 e. The number of benzene rings is 3. The van der Waals surface area contributed by atoms with Gasteiger partial charge in [-0.3, -0.25) is 0 Å². The lowest BCUT2D eigenvalue weighted by molar-refractivity contribution is -0.137. The van der Waals surface area contributed by atoms with Gasteiger partial charge in [-0.2, -0.15) is 13.2 Å². The van der Waals surface area contributed by atoms with Crippen molar-refractivity contribution in [2.75, 3.05) is 10.6 Å². The van der Waals surface area contributed by atoms with Gasteiger partial charge in [0.25, 0.3) is 0 Å². The molecule has 0 aromatic heterocycles. The second-order valence-electron chi connectivity index (χ2n) is 5.97. The molecular weight excluding hydrogens is 480 g/mol. The lowest BCUT2D eigenvalue weighted by Gasteiger charge is -2.14. The molecule has 0 bridgehead atoms. The molecule has 0 saturated heterocycles. The Bertz CT molecular complexity index is 1080. The highest BCUT2D eigenvalue weighted by Crippen LogP contribution is 2.37. The van der Waals surface area contributed by atoms with Gasteiger partial charge in [0.15, 0.2) is 0 Å². The van der Waals surface area contributed by atoms with Gasteiger partial charge in [0.2, 0.25) is 0 Å². The molecule has 2 amide bonds. The third-order valence-corrected chi connectivity index (χ3v) is 5.66. The summed E-state index contributed by atoms with van der Waals surface area (Å²) in [6.45, 7) is 0. The molecule has 2 N–H and O–H groups in total. The predicted molar refractivity (Wildman–Crippen MR) is 116 cm³/mol. The van der Waals surface area contributed by atoms with Gasteiger partial charge in [-0.05, 0) is 60.7 Å². The zero-order valence-electron chi connectivity index (χ0n) is 14.9. The van der Waals surface area contributed by atoms with Crippen LogP contribution < -0.4 is 10.6 Å². The van der Waals surface area contributed by atoms with E-state index in [0.717, 1.165) is 17.0 Å². The molecule has 0 unspecified atom stereocenters. The fourth-order valence-electron chi connectivity index (χ4n) is 2.42. The van der Waals surface area contributed by atoms with Crippen molar-refractivity contribution in [2.24, 2.45) is 0 Å². The van der Waals surface area contributed by atoms with Crippen molar-refractivity contribution in [3.63, 3.8) is 0 Å². The van der Waals surface area contributed by atoms with Gasteiger partial charge in [-0.25, -0.2) is 4.79 Å². The molecule has 0 aliphatic heterocycles. The number of nitrogens with one attached hydrogen (secondary N) is 2. The summed E-state index contributed by atoms with van der Waals surface area (Å²) in [4.78, 5) is 13.9. The summed E-state index contributed by atoms with van der Waals surface area (Å²) in [5.41, 5.74) is -0.702. The summed E-state index contributed by atoms with van der Waals surface area (Å²) in [5.74, 6) is 0. The molecule has 0 aliphatic carbocycles. The number of rotatable bonds is 4. The van der Waals surface area contributed by atoms with Crippen LogP contribution in [-0.2, 0) is 6.18 Å². The first-order valence-corrected chi connectivity index (χ1v) is 10.2. The first kappa shape index (κ1) is 22.6. The summed E-state index contributed by atoms with van der Waals surface area (Å²) in [5, 5.41) is 5.50. The van der Waals surface area contributed by atoms with E-state index in [1.165, 1.54) is 17.8 Å². The number of urea groups is 1. The van der Waals surface area contributed by atoms with Crippen LogP contribution in [0.5, 0.6) is 0 Å². The molecule has 0 aliphatic rings. The molecule has 30 heavy (non-hydrogen) atoms.